The van der Waals surface area contributed by atoms with Crippen molar-refractivity contribution in [2.45, 2.75) is 44.7 Å². The summed E-state index contributed by atoms with van der Waals surface area (Å²) in [5.41, 5.74) is 0.750. The molecule has 3 rings (SSSR count). The van der Waals surface area contributed by atoms with E-state index < -0.39 is 28.5 Å². The van der Waals surface area contributed by atoms with Gasteiger partial charge in [0.05, 0.1) is 10.6 Å². The second-order valence-corrected chi connectivity index (χ2v) is 12.7. The Hall–Kier alpha value is -2.78. The Balaban J connectivity index is 2.06. The number of anilines is 1. The number of carbonyl (C=O) groups is 2. The average Bonchev–Trinajstić information content (AvgIpc) is 2.92. The van der Waals surface area contributed by atoms with Crippen LogP contribution in [-0.2, 0) is 26.2 Å². The van der Waals surface area contributed by atoms with Crippen LogP contribution in [0.2, 0.25) is 15.1 Å². The van der Waals surface area contributed by atoms with E-state index in [1.54, 1.807) is 55.5 Å². The molecular weight excluding hydrogens is 593 g/mol. The van der Waals surface area contributed by atoms with Crippen LogP contribution in [0.25, 0.3) is 0 Å². The number of rotatable bonds is 12. The highest BCUT2D eigenvalue weighted by Gasteiger charge is 2.34. The van der Waals surface area contributed by atoms with Gasteiger partial charge < -0.3 is 10.2 Å². The Morgan fingerprint density at radius 1 is 0.875 bits per heavy atom. The summed E-state index contributed by atoms with van der Waals surface area (Å²) in [5, 5.41) is 3.92. The van der Waals surface area contributed by atoms with Gasteiger partial charge in [-0.2, -0.15) is 0 Å². The number of hydrogen-bond acceptors (Lipinski definition) is 4. The topological polar surface area (TPSA) is 86.8 Å². The number of hydrogen-bond donors (Lipinski definition) is 1. The minimum atomic E-state index is -4.19. The first-order valence-electron chi connectivity index (χ1n) is 12.8. The normalized spacial score (nSPS) is 12.2. The quantitative estimate of drug-likeness (QED) is 0.252. The molecule has 0 radical (unpaired) electrons. The highest BCUT2D eigenvalue weighted by molar-refractivity contribution is 7.92. The maximum Gasteiger partial charge on any atom is 0.264 e. The molecule has 3 aromatic rings. The molecule has 214 valence electrons. The van der Waals surface area contributed by atoms with Crippen LogP contribution in [0, 0.1) is 5.92 Å². The lowest BCUT2D eigenvalue weighted by Gasteiger charge is -2.33. The molecule has 11 heteroatoms. The van der Waals surface area contributed by atoms with Crippen LogP contribution in [-0.4, -0.2) is 44.3 Å². The molecule has 0 fully saturated rings. The van der Waals surface area contributed by atoms with Crippen molar-refractivity contribution in [1.29, 1.82) is 0 Å². The first-order valence-corrected chi connectivity index (χ1v) is 15.4. The highest BCUT2D eigenvalue weighted by atomic mass is 35.5. The molecule has 0 aliphatic rings. The van der Waals surface area contributed by atoms with Gasteiger partial charge in [-0.15, -0.1) is 0 Å². The van der Waals surface area contributed by atoms with Crippen molar-refractivity contribution < 1.29 is 18.0 Å². The van der Waals surface area contributed by atoms with Crippen LogP contribution < -0.4 is 9.62 Å². The predicted molar refractivity (Wildman–Crippen MR) is 161 cm³/mol. The van der Waals surface area contributed by atoms with Crippen molar-refractivity contribution >= 4 is 62.3 Å². The summed E-state index contributed by atoms with van der Waals surface area (Å²) in [6.07, 6.45) is 0.285. The average molecular weight is 625 g/mol. The van der Waals surface area contributed by atoms with Gasteiger partial charge in [-0.1, -0.05) is 79.8 Å². The van der Waals surface area contributed by atoms with Crippen molar-refractivity contribution in [1.82, 2.24) is 10.2 Å². The van der Waals surface area contributed by atoms with E-state index in [0.29, 0.717) is 32.9 Å². The van der Waals surface area contributed by atoms with Crippen LogP contribution in [0.4, 0.5) is 5.69 Å². The van der Waals surface area contributed by atoms with E-state index in [-0.39, 0.29) is 29.7 Å². The van der Waals surface area contributed by atoms with Crippen molar-refractivity contribution in [2.75, 3.05) is 17.4 Å². The van der Waals surface area contributed by atoms with Gasteiger partial charge >= 0.3 is 0 Å². The zero-order chi connectivity index (χ0) is 29.4. The summed E-state index contributed by atoms with van der Waals surface area (Å²) in [4.78, 5) is 28.6. The number of nitrogens with zero attached hydrogens (tertiary/aromatic N) is 2. The maximum absolute atomic E-state index is 14.1. The Morgan fingerprint density at radius 3 is 2.02 bits per heavy atom. The van der Waals surface area contributed by atoms with E-state index >= 15 is 0 Å². The van der Waals surface area contributed by atoms with Crippen molar-refractivity contribution in [2.24, 2.45) is 5.92 Å². The SMILES string of the molecule is CC[C@H](C(=O)NCC(C)C)N(Cc1c(Cl)cccc1Cl)C(=O)CN(c1ccccc1)S(=O)(=O)c1ccc(Cl)cc1. The zero-order valence-corrected chi connectivity index (χ0v) is 25.6. The number of nitrogens with one attached hydrogen (secondary N) is 1. The van der Waals surface area contributed by atoms with E-state index in [1.807, 2.05) is 13.8 Å². The minimum absolute atomic E-state index is 0.0315. The predicted octanol–water partition coefficient (Wildman–Crippen LogP) is 6.42. The fourth-order valence-corrected chi connectivity index (χ4v) is 6.11. The van der Waals surface area contributed by atoms with Crippen LogP contribution in [0.3, 0.4) is 0 Å². The molecule has 1 atom stereocenters. The molecule has 0 aliphatic carbocycles. The van der Waals surface area contributed by atoms with Crippen molar-refractivity contribution in [3.63, 3.8) is 0 Å². The molecule has 1 N–H and O–H groups in total. The van der Waals surface area contributed by atoms with E-state index in [0.717, 1.165) is 4.31 Å². The molecule has 0 aliphatic heterocycles. The molecule has 0 saturated heterocycles. The second kappa shape index (κ2) is 14.2. The summed E-state index contributed by atoms with van der Waals surface area (Å²) in [7, 11) is -4.19. The number of halogens is 3. The summed E-state index contributed by atoms with van der Waals surface area (Å²) in [5.74, 6) is -0.745. The number of para-hydroxylation sites is 1. The smallest absolute Gasteiger partial charge is 0.264 e. The van der Waals surface area contributed by atoms with Gasteiger partial charge in [-0.3, -0.25) is 13.9 Å². The molecular formula is C29H32Cl3N3O4S. The van der Waals surface area contributed by atoms with Gasteiger partial charge in [0.1, 0.15) is 12.6 Å². The molecule has 0 spiro atoms. The van der Waals surface area contributed by atoms with Crippen molar-refractivity contribution in [3.8, 4) is 0 Å². The number of sulfonamides is 1. The highest BCUT2D eigenvalue weighted by Crippen LogP contribution is 2.29. The van der Waals surface area contributed by atoms with E-state index in [2.05, 4.69) is 5.32 Å². The van der Waals surface area contributed by atoms with E-state index in [4.69, 9.17) is 34.8 Å². The molecule has 0 heterocycles. The third kappa shape index (κ3) is 7.91. The van der Waals surface area contributed by atoms with Gasteiger partial charge in [-0.05, 0) is 60.9 Å². The summed E-state index contributed by atoms with van der Waals surface area (Å²) in [6.45, 7) is 5.48. The first kappa shape index (κ1) is 31.7. The van der Waals surface area contributed by atoms with Gasteiger partial charge in [0.2, 0.25) is 11.8 Å². The second-order valence-electron chi connectivity index (χ2n) is 9.59. The Kier molecular flexibility index (Phi) is 11.3. The van der Waals surface area contributed by atoms with Crippen LogP contribution in [0.1, 0.15) is 32.8 Å². The molecule has 7 nitrogen and oxygen atoms in total. The maximum atomic E-state index is 14.1. The lowest BCUT2D eigenvalue weighted by Crippen LogP contribution is -2.52. The molecule has 40 heavy (non-hydrogen) atoms. The summed E-state index contributed by atoms with van der Waals surface area (Å²) < 4.78 is 28.6. The van der Waals surface area contributed by atoms with E-state index in [1.165, 1.54) is 29.2 Å². The number of benzene rings is 3. The Morgan fingerprint density at radius 2 is 1.48 bits per heavy atom. The van der Waals surface area contributed by atoms with Crippen LogP contribution in [0.15, 0.2) is 77.7 Å². The van der Waals surface area contributed by atoms with Crippen LogP contribution in [0.5, 0.6) is 0 Å². The Labute approximate surface area is 251 Å². The molecule has 0 bridgehead atoms. The van der Waals surface area contributed by atoms with Gasteiger partial charge in [0, 0.05) is 33.7 Å². The fourth-order valence-electron chi connectivity index (χ4n) is 4.05. The first-order chi connectivity index (χ1) is 18.9. The third-order valence-corrected chi connectivity index (χ3v) is 8.93. The Bertz CT molecular complexity index is 1400. The molecule has 0 aromatic heterocycles. The summed E-state index contributed by atoms with van der Waals surface area (Å²) in [6, 6.07) is 18.1. The monoisotopic (exact) mass is 623 g/mol. The molecule has 3 aromatic carbocycles. The van der Waals surface area contributed by atoms with Crippen LogP contribution >= 0.6 is 34.8 Å². The third-order valence-electron chi connectivity index (χ3n) is 6.19. The molecule has 0 unspecified atom stereocenters. The largest absolute Gasteiger partial charge is 0.354 e. The summed E-state index contributed by atoms with van der Waals surface area (Å²) >= 11 is 18.9. The van der Waals surface area contributed by atoms with E-state index in [9.17, 15) is 18.0 Å². The number of amides is 2. The van der Waals surface area contributed by atoms with Gasteiger partial charge in [0.25, 0.3) is 10.0 Å². The van der Waals surface area contributed by atoms with Gasteiger partial charge in [-0.25, -0.2) is 8.42 Å². The lowest BCUT2D eigenvalue weighted by molar-refractivity contribution is -0.140. The minimum Gasteiger partial charge on any atom is -0.354 e. The van der Waals surface area contributed by atoms with Crippen molar-refractivity contribution in [3.05, 3.63) is 93.4 Å². The fraction of sp³-hybridized carbons (Fsp3) is 0.310. The standard InChI is InChI=1S/C29H32Cl3N3O4S/c1-4-27(29(37)33-17-20(2)3)34(18-24-25(31)11-8-12-26(24)32)28(36)19-35(22-9-6-5-7-10-22)40(38,39)23-15-13-21(30)14-16-23/h5-16,20,27H,4,17-19H2,1-3H3,(H,33,37)/t27-/m1/s1. The van der Waals surface area contributed by atoms with Gasteiger partial charge in [0.15, 0.2) is 0 Å². The lowest BCUT2D eigenvalue weighted by atomic mass is 10.1. The zero-order valence-electron chi connectivity index (χ0n) is 22.5. The molecule has 0 saturated carbocycles. The molecule has 2 amide bonds. The number of carbonyl (C=O) groups excluding carboxylic acids is 2.